The number of hydrogen-bond acceptors (Lipinski definition) is 8. The first-order chi connectivity index (χ1) is 27.4. The molecule has 0 aliphatic rings. The third kappa shape index (κ3) is 11.8. The van der Waals surface area contributed by atoms with E-state index in [0.717, 1.165) is 42.4 Å². The highest BCUT2D eigenvalue weighted by atomic mass is 32.1. The van der Waals surface area contributed by atoms with E-state index < -0.39 is 47.5 Å². The Labute approximate surface area is 333 Å². The van der Waals surface area contributed by atoms with Crippen molar-refractivity contribution in [3.05, 3.63) is 128 Å². The van der Waals surface area contributed by atoms with Gasteiger partial charge in [0.1, 0.15) is 6.54 Å². The van der Waals surface area contributed by atoms with Crippen molar-refractivity contribution < 1.29 is 56.8 Å². The number of hydrogen-bond donors (Lipinski definition) is 4. The van der Waals surface area contributed by atoms with Gasteiger partial charge in [0.25, 0.3) is 0 Å². The van der Waals surface area contributed by atoms with Crippen LogP contribution in [0.1, 0.15) is 36.2 Å². The maximum atomic E-state index is 14.5. The average Bonchev–Trinajstić information content (AvgIpc) is 3.70. The molecule has 0 radical (unpaired) electrons. The Morgan fingerprint density at radius 2 is 1.40 bits per heavy atom. The number of nitrogens with zero attached hydrogens (tertiary/aromatic N) is 3. The molecule has 17 heteroatoms. The van der Waals surface area contributed by atoms with Crippen LogP contribution in [0.15, 0.2) is 88.4 Å². The van der Waals surface area contributed by atoms with Crippen LogP contribution in [-0.4, -0.2) is 91.0 Å². The number of carbonyl (C=O) groups is 3. The van der Waals surface area contributed by atoms with Crippen LogP contribution >= 0.6 is 11.3 Å². The van der Waals surface area contributed by atoms with E-state index in [1.165, 1.54) is 41.7 Å². The van der Waals surface area contributed by atoms with E-state index >= 15 is 0 Å². The van der Waals surface area contributed by atoms with Gasteiger partial charge < -0.3 is 34.8 Å². The lowest BCUT2D eigenvalue weighted by molar-refractivity contribution is -0.165. The van der Waals surface area contributed by atoms with Crippen molar-refractivity contribution in [1.82, 2.24) is 14.4 Å². The number of carbonyl (C=O) groups excluding carboxylic acids is 1. The van der Waals surface area contributed by atoms with E-state index in [4.69, 9.17) is 20.4 Å². The molecule has 0 fully saturated rings. The second kappa shape index (κ2) is 20.3. The van der Waals surface area contributed by atoms with Gasteiger partial charge in [-0.15, -0.1) is 11.3 Å². The number of amides is 1. The number of likely N-dealkylation sites (N-methyl/N-ethyl adjacent to an activating group) is 1. The zero-order valence-electron chi connectivity index (χ0n) is 31.5. The van der Waals surface area contributed by atoms with Crippen LogP contribution < -0.4 is 5.43 Å². The lowest BCUT2D eigenvalue weighted by Crippen LogP contribution is -2.40. The van der Waals surface area contributed by atoms with Gasteiger partial charge in [0, 0.05) is 42.2 Å². The van der Waals surface area contributed by atoms with Crippen LogP contribution in [0, 0.1) is 11.6 Å². The number of carboxylic acid groups (broad SMARTS) is 2. The Hall–Kier alpha value is -5.49. The molecular weight excluding hydrogens is 790 g/mol. The van der Waals surface area contributed by atoms with Gasteiger partial charge >= 0.3 is 18.1 Å². The van der Waals surface area contributed by atoms with Crippen LogP contribution in [0.2, 0.25) is 0 Å². The molecule has 58 heavy (non-hydrogen) atoms. The SMILES string of the molecule is CCN(CC)CCN(Cc1ccc(-c2ccc(C(F)(F)F)cc2)cc1)C(=O)Cn1c(CCc2cccc(F)c2F)cc(=O)c2cscc21.O=C(O)C(O)C(O)C(=O)O. The van der Waals surface area contributed by atoms with Gasteiger partial charge in [-0.2, -0.15) is 13.2 Å². The highest BCUT2D eigenvalue weighted by molar-refractivity contribution is 7.09. The minimum absolute atomic E-state index is 0.0592. The molecule has 0 saturated carbocycles. The fourth-order valence-electron chi connectivity index (χ4n) is 6.02. The van der Waals surface area contributed by atoms with E-state index in [-0.39, 0.29) is 36.3 Å². The van der Waals surface area contributed by atoms with Crippen molar-refractivity contribution in [2.75, 3.05) is 26.2 Å². The number of aliphatic hydroxyl groups is 2. The van der Waals surface area contributed by atoms with Crippen molar-refractivity contribution in [3.8, 4) is 11.1 Å². The summed E-state index contributed by atoms with van der Waals surface area (Å²) in [5.74, 6) is -5.58. The quantitative estimate of drug-likeness (QED) is 0.0868. The van der Waals surface area contributed by atoms with Crippen LogP contribution in [-0.2, 0) is 46.5 Å². The summed E-state index contributed by atoms with van der Waals surface area (Å²) >= 11 is 1.35. The van der Waals surface area contributed by atoms with Crippen molar-refractivity contribution in [1.29, 1.82) is 0 Å². The molecule has 2 unspecified atom stereocenters. The first-order valence-corrected chi connectivity index (χ1v) is 19.0. The summed E-state index contributed by atoms with van der Waals surface area (Å²) in [6.07, 6.45) is -8.58. The Morgan fingerprint density at radius 1 is 0.810 bits per heavy atom. The fourth-order valence-corrected chi connectivity index (χ4v) is 6.84. The van der Waals surface area contributed by atoms with Gasteiger partial charge in [0.05, 0.1) is 16.5 Å². The zero-order chi connectivity index (χ0) is 42.7. The average molecular weight is 832 g/mol. The Morgan fingerprint density at radius 3 is 1.95 bits per heavy atom. The maximum absolute atomic E-state index is 14.5. The predicted octanol–water partition coefficient (Wildman–Crippen LogP) is 6.06. The fraction of sp³-hybridized carbons (Fsp3) is 0.317. The predicted molar refractivity (Wildman–Crippen MR) is 207 cm³/mol. The number of fused-ring (bicyclic) bond motifs is 1. The van der Waals surface area contributed by atoms with Gasteiger partial charge in [-0.3, -0.25) is 9.59 Å². The third-order valence-corrected chi connectivity index (χ3v) is 10.2. The molecule has 0 saturated heterocycles. The van der Waals surface area contributed by atoms with Crippen LogP contribution in [0.25, 0.3) is 22.0 Å². The van der Waals surface area contributed by atoms with Gasteiger partial charge in [-0.1, -0.05) is 62.4 Å². The molecule has 4 N–H and O–H groups in total. The Bertz CT molecular complexity index is 2220. The minimum Gasteiger partial charge on any atom is -0.479 e. The molecule has 0 spiro atoms. The van der Waals surface area contributed by atoms with Crippen molar-refractivity contribution >= 4 is 40.1 Å². The van der Waals surface area contributed by atoms with Crippen LogP contribution in [0.3, 0.4) is 0 Å². The second-order valence-corrected chi connectivity index (χ2v) is 13.9. The van der Waals surface area contributed by atoms with Crippen LogP contribution in [0.4, 0.5) is 22.0 Å². The molecule has 5 rings (SSSR count). The zero-order valence-corrected chi connectivity index (χ0v) is 32.3. The summed E-state index contributed by atoms with van der Waals surface area (Å²) in [6.45, 7) is 7.06. The number of aryl methyl sites for hydroxylation is 2. The van der Waals surface area contributed by atoms with Gasteiger partial charge in [-0.25, -0.2) is 18.4 Å². The molecule has 5 aromatic rings. The molecule has 11 nitrogen and oxygen atoms in total. The first-order valence-electron chi connectivity index (χ1n) is 18.0. The largest absolute Gasteiger partial charge is 0.479 e. The monoisotopic (exact) mass is 831 g/mol. The van der Waals surface area contributed by atoms with Gasteiger partial charge in [0.2, 0.25) is 5.91 Å². The number of thiophene rings is 1. The summed E-state index contributed by atoms with van der Waals surface area (Å²) < 4.78 is 69.2. The number of aromatic nitrogens is 1. The van der Waals surface area contributed by atoms with E-state index in [2.05, 4.69) is 18.7 Å². The van der Waals surface area contributed by atoms with Crippen molar-refractivity contribution in [2.24, 2.45) is 0 Å². The second-order valence-electron chi connectivity index (χ2n) is 13.2. The number of carboxylic acids is 2. The molecule has 0 aliphatic carbocycles. The summed E-state index contributed by atoms with van der Waals surface area (Å²) in [4.78, 5) is 50.6. The summed E-state index contributed by atoms with van der Waals surface area (Å²) in [5.41, 5.74) is 2.68. The highest BCUT2D eigenvalue weighted by Gasteiger charge is 2.30. The number of rotatable bonds is 16. The first kappa shape index (κ1) is 45.2. The minimum atomic E-state index is -4.41. The van der Waals surface area contributed by atoms with E-state index in [1.807, 2.05) is 29.6 Å². The molecule has 0 bridgehead atoms. The number of aliphatic hydroxyl groups excluding tert-OH is 2. The molecule has 0 aliphatic heterocycles. The van der Waals surface area contributed by atoms with Crippen molar-refractivity contribution in [2.45, 2.75) is 58.2 Å². The number of benzene rings is 3. The standard InChI is InChI=1S/C37H36F5N3O2S.C4H6O6/c1-3-43(4-2)18-19-44(21-25-8-10-26(11-9-25)27-12-15-29(16-13-27)37(40,41)42)35(47)22-45-30(20-34(46)31-23-48-24-33(31)45)17-14-28-6-5-7-32(38)36(28)39;5-1(3(7)8)2(6)4(9)10/h5-13,15-16,20,23-24H,3-4,14,17-19,21-22H2,1-2H3;1-2,5-6H,(H,7,8)(H,9,10). The van der Waals surface area contributed by atoms with Crippen molar-refractivity contribution in [3.63, 3.8) is 0 Å². The Kier molecular flexibility index (Phi) is 15.8. The highest BCUT2D eigenvalue weighted by Crippen LogP contribution is 2.31. The molecule has 2 aromatic heterocycles. The summed E-state index contributed by atoms with van der Waals surface area (Å²) in [5, 5.41) is 36.6. The third-order valence-electron chi connectivity index (χ3n) is 9.43. The topological polar surface area (TPSA) is 161 Å². The molecule has 2 heterocycles. The summed E-state index contributed by atoms with van der Waals surface area (Å²) in [6, 6.07) is 17.8. The molecule has 1 amide bonds. The van der Waals surface area contributed by atoms with E-state index in [9.17, 15) is 41.1 Å². The maximum Gasteiger partial charge on any atom is 0.416 e. The molecule has 2 atom stereocenters. The molecular formula is C41H42F5N3O8S. The lowest BCUT2D eigenvalue weighted by atomic mass is 10.0. The van der Waals surface area contributed by atoms with Gasteiger partial charge in [0.15, 0.2) is 29.3 Å². The summed E-state index contributed by atoms with van der Waals surface area (Å²) in [7, 11) is 0. The normalized spacial score (nSPS) is 12.5. The molecule has 3 aromatic carbocycles. The number of pyridine rings is 1. The van der Waals surface area contributed by atoms with Gasteiger partial charge in [-0.05, 0) is 66.4 Å². The van der Waals surface area contributed by atoms with Crippen LogP contribution in [0.5, 0.6) is 0 Å². The number of halogens is 5. The Balaban J connectivity index is 0.000000657. The molecule has 310 valence electrons. The number of alkyl halides is 3. The van der Waals surface area contributed by atoms with E-state index in [0.29, 0.717) is 41.8 Å². The lowest BCUT2D eigenvalue weighted by Gasteiger charge is -2.28. The van der Waals surface area contributed by atoms with E-state index in [1.54, 1.807) is 14.8 Å². The number of aliphatic carboxylic acids is 2. The smallest absolute Gasteiger partial charge is 0.416 e.